The van der Waals surface area contributed by atoms with Crippen molar-refractivity contribution in [1.29, 1.82) is 0 Å². The van der Waals surface area contributed by atoms with Gasteiger partial charge in [0.05, 0.1) is 6.21 Å². The number of nitrogens with zero attached hydrogens (tertiary/aromatic N) is 3. The monoisotopic (exact) mass is 207 g/mol. The highest BCUT2D eigenvalue weighted by Crippen LogP contribution is 2.12. The Balaban J connectivity index is 2.59. The molecule has 1 rings (SSSR count). The Morgan fingerprint density at radius 1 is 1.53 bits per heavy atom. The summed E-state index contributed by atoms with van der Waals surface area (Å²) >= 11 is 0. The van der Waals surface area contributed by atoms with Crippen molar-refractivity contribution < 1.29 is 4.74 Å². The number of hydrogen-bond acceptors (Lipinski definition) is 4. The third-order valence-corrected chi connectivity index (χ3v) is 1.85. The minimum atomic E-state index is 0.656. The largest absolute Gasteiger partial charge is 0.490 e. The summed E-state index contributed by atoms with van der Waals surface area (Å²) in [6, 6.07) is 3.76. The first-order valence-corrected chi connectivity index (χ1v) is 4.88. The molecule has 82 valence electrons. The fourth-order valence-corrected chi connectivity index (χ4v) is 1.08. The molecule has 0 amide bonds. The van der Waals surface area contributed by atoms with E-state index in [1.165, 1.54) is 0 Å². The van der Waals surface area contributed by atoms with Crippen LogP contribution in [-0.4, -0.2) is 50.4 Å². The van der Waals surface area contributed by atoms with Crippen LogP contribution in [0.3, 0.4) is 0 Å². The van der Waals surface area contributed by atoms with Gasteiger partial charge in [0.2, 0.25) is 0 Å². The molecule has 15 heavy (non-hydrogen) atoms. The summed E-state index contributed by atoms with van der Waals surface area (Å²) < 4.78 is 5.61. The second kappa shape index (κ2) is 6.14. The van der Waals surface area contributed by atoms with Gasteiger partial charge in [0.1, 0.15) is 18.1 Å². The summed E-state index contributed by atoms with van der Waals surface area (Å²) in [6.07, 6.45) is 3.43. The lowest BCUT2D eigenvalue weighted by Crippen LogP contribution is -2.19. The number of aromatic nitrogens is 1. The van der Waals surface area contributed by atoms with Crippen LogP contribution in [0.1, 0.15) is 5.69 Å². The molecule has 4 heteroatoms. The third kappa shape index (κ3) is 4.08. The zero-order valence-corrected chi connectivity index (χ0v) is 9.47. The molecule has 0 aliphatic heterocycles. The first kappa shape index (κ1) is 11.7. The second-order valence-electron chi connectivity index (χ2n) is 3.43. The van der Waals surface area contributed by atoms with Crippen molar-refractivity contribution in [3.05, 3.63) is 24.0 Å². The number of pyridine rings is 1. The van der Waals surface area contributed by atoms with E-state index in [4.69, 9.17) is 4.74 Å². The van der Waals surface area contributed by atoms with Crippen molar-refractivity contribution in [2.75, 3.05) is 34.3 Å². The molecule has 0 aliphatic rings. The Labute approximate surface area is 90.6 Å². The van der Waals surface area contributed by atoms with Gasteiger partial charge in [-0.15, -0.1) is 0 Å². The van der Waals surface area contributed by atoms with Gasteiger partial charge in [0.25, 0.3) is 0 Å². The summed E-state index contributed by atoms with van der Waals surface area (Å²) in [7, 11) is 5.75. The van der Waals surface area contributed by atoms with Gasteiger partial charge in [-0.25, -0.2) is 0 Å². The molecular weight excluding hydrogens is 190 g/mol. The van der Waals surface area contributed by atoms with Crippen LogP contribution in [-0.2, 0) is 0 Å². The number of ether oxygens (including phenoxy) is 1. The summed E-state index contributed by atoms with van der Waals surface area (Å²) in [5, 5.41) is 0. The quantitative estimate of drug-likeness (QED) is 0.678. The van der Waals surface area contributed by atoms with Gasteiger partial charge in [-0.1, -0.05) is 0 Å². The Hall–Kier alpha value is -1.42. The molecule has 1 heterocycles. The zero-order chi connectivity index (χ0) is 11.1. The molecule has 0 aliphatic carbocycles. The van der Waals surface area contributed by atoms with Gasteiger partial charge < -0.3 is 9.64 Å². The predicted molar refractivity (Wildman–Crippen MR) is 61.8 cm³/mol. The van der Waals surface area contributed by atoms with E-state index in [0.717, 1.165) is 18.0 Å². The predicted octanol–water partition coefficient (Wildman–Crippen LogP) is 1.07. The van der Waals surface area contributed by atoms with Crippen molar-refractivity contribution in [1.82, 2.24) is 9.88 Å². The van der Waals surface area contributed by atoms with Crippen molar-refractivity contribution >= 4 is 6.21 Å². The molecular formula is C11H17N3O. The van der Waals surface area contributed by atoms with E-state index in [9.17, 15) is 0 Å². The summed E-state index contributed by atoms with van der Waals surface area (Å²) in [5.41, 5.74) is 0.777. The maximum Gasteiger partial charge on any atom is 0.146 e. The molecule has 0 atom stereocenters. The number of aliphatic imine (C=N–C) groups is 1. The van der Waals surface area contributed by atoms with E-state index in [1.54, 1.807) is 19.5 Å². The van der Waals surface area contributed by atoms with E-state index in [1.807, 2.05) is 26.2 Å². The highest BCUT2D eigenvalue weighted by atomic mass is 16.5. The van der Waals surface area contributed by atoms with Crippen molar-refractivity contribution in [2.45, 2.75) is 0 Å². The summed E-state index contributed by atoms with van der Waals surface area (Å²) in [6.45, 7) is 1.54. The van der Waals surface area contributed by atoms with E-state index in [-0.39, 0.29) is 0 Å². The fourth-order valence-electron chi connectivity index (χ4n) is 1.08. The smallest absolute Gasteiger partial charge is 0.146 e. The molecule has 0 fully saturated rings. The SMILES string of the molecule is C/N=C/c1ncccc1OCCN(C)C. The molecule has 0 saturated carbocycles. The van der Waals surface area contributed by atoms with Crippen molar-refractivity contribution in [3.8, 4) is 5.75 Å². The molecule has 1 aromatic heterocycles. The molecule has 1 aromatic rings. The van der Waals surface area contributed by atoms with Gasteiger partial charge in [-0.3, -0.25) is 9.98 Å². The highest BCUT2D eigenvalue weighted by Gasteiger charge is 2.01. The topological polar surface area (TPSA) is 37.7 Å². The highest BCUT2D eigenvalue weighted by molar-refractivity contribution is 5.80. The lowest BCUT2D eigenvalue weighted by Gasteiger charge is -2.11. The lowest BCUT2D eigenvalue weighted by atomic mass is 10.3. The van der Waals surface area contributed by atoms with Crippen LogP contribution in [0, 0.1) is 0 Å². The standard InChI is InChI=1S/C11H17N3O/c1-12-9-10-11(5-4-6-13-10)15-8-7-14(2)3/h4-6,9H,7-8H2,1-3H3/b12-9+. The van der Waals surface area contributed by atoms with Gasteiger partial charge in [-0.2, -0.15) is 0 Å². The molecule has 4 nitrogen and oxygen atoms in total. The van der Waals surface area contributed by atoms with Crippen LogP contribution in [0.15, 0.2) is 23.3 Å². The van der Waals surface area contributed by atoms with E-state index < -0.39 is 0 Å². The number of rotatable bonds is 5. The Bertz CT molecular complexity index is 323. The van der Waals surface area contributed by atoms with Crippen LogP contribution in [0.4, 0.5) is 0 Å². The van der Waals surface area contributed by atoms with Crippen LogP contribution >= 0.6 is 0 Å². The van der Waals surface area contributed by atoms with Crippen LogP contribution in [0.25, 0.3) is 0 Å². The maximum atomic E-state index is 5.61. The van der Waals surface area contributed by atoms with E-state index in [2.05, 4.69) is 14.9 Å². The average molecular weight is 207 g/mol. The average Bonchev–Trinajstić information content (AvgIpc) is 2.20. The molecule has 0 saturated heterocycles. The first-order chi connectivity index (χ1) is 7.24. The van der Waals surface area contributed by atoms with Gasteiger partial charge >= 0.3 is 0 Å². The van der Waals surface area contributed by atoms with E-state index in [0.29, 0.717) is 6.61 Å². The van der Waals surface area contributed by atoms with Crippen LogP contribution in [0.5, 0.6) is 5.75 Å². The molecule has 0 spiro atoms. The van der Waals surface area contributed by atoms with Crippen LogP contribution in [0.2, 0.25) is 0 Å². The molecule has 0 N–H and O–H groups in total. The minimum Gasteiger partial charge on any atom is -0.490 e. The number of likely N-dealkylation sites (N-methyl/N-ethyl adjacent to an activating group) is 1. The number of hydrogen-bond donors (Lipinski definition) is 0. The third-order valence-electron chi connectivity index (χ3n) is 1.85. The van der Waals surface area contributed by atoms with Gasteiger partial charge in [0, 0.05) is 19.8 Å². The van der Waals surface area contributed by atoms with Gasteiger partial charge in [-0.05, 0) is 26.2 Å². The molecule has 0 radical (unpaired) electrons. The summed E-state index contributed by atoms with van der Waals surface area (Å²) in [5.74, 6) is 0.782. The zero-order valence-electron chi connectivity index (χ0n) is 9.47. The molecule has 0 bridgehead atoms. The maximum absolute atomic E-state index is 5.61. The minimum absolute atomic E-state index is 0.656. The van der Waals surface area contributed by atoms with E-state index >= 15 is 0 Å². The van der Waals surface area contributed by atoms with Crippen molar-refractivity contribution in [3.63, 3.8) is 0 Å². The van der Waals surface area contributed by atoms with Crippen molar-refractivity contribution in [2.24, 2.45) is 4.99 Å². The molecule has 0 unspecified atom stereocenters. The fraction of sp³-hybridized carbons (Fsp3) is 0.455. The first-order valence-electron chi connectivity index (χ1n) is 4.88. The Kier molecular flexibility index (Phi) is 4.77. The lowest BCUT2D eigenvalue weighted by molar-refractivity contribution is 0.260. The Morgan fingerprint density at radius 2 is 2.33 bits per heavy atom. The summed E-state index contributed by atoms with van der Waals surface area (Å²) in [4.78, 5) is 10.2. The Morgan fingerprint density at radius 3 is 3.00 bits per heavy atom. The molecule has 0 aromatic carbocycles. The van der Waals surface area contributed by atoms with Gasteiger partial charge in [0.15, 0.2) is 0 Å². The second-order valence-corrected chi connectivity index (χ2v) is 3.43. The normalized spacial score (nSPS) is 11.2. The van der Waals surface area contributed by atoms with Crippen LogP contribution < -0.4 is 4.74 Å².